The van der Waals surface area contributed by atoms with Gasteiger partial charge in [0.15, 0.2) is 0 Å². The Labute approximate surface area is 166 Å². The van der Waals surface area contributed by atoms with Gasteiger partial charge in [0.2, 0.25) is 17.8 Å². The van der Waals surface area contributed by atoms with Crippen LogP contribution in [-0.4, -0.2) is 21.2 Å². The standard InChI is InChI=1S/C20H17N7S/c1-3-8-15(9-4-1)22-18-24-19(23-16-10-5-2-6-11-16)26-20(25-18)27-21-14-17-12-7-13-28-17/h1-14H,(H3,22,23,24,25,26,27)/b21-14+. The average Bonchev–Trinajstić information content (AvgIpc) is 3.23. The number of rotatable bonds is 7. The highest BCUT2D eigenvalue weighted by atomic mass is 32.1. The number of benzene rings is 2. The first-order chi connectivity index (χ1) is 13.8. The van der Waals surface area contributed by atoms with Crippen LogP contribution in [0.4, 0.5) is 29.2 Å². The van der Waals surface area contributed by atoms with E-state index in [4.69, 9.17) is 0 Å². The van der Waals surface area contributed by atoms with Gasteiger partial charge in [-0.3, -0.25) is 0 Å². The molecular weight excluding hydrogens is 370 g/mol. The third-order valence-corrected chi connectivity index (χ3v) is 4.40. The molecule has 2 aromatic heterocycles. The normalized spacial score (nSPS) is 10.7. The van der Waals surface area contributed by atoms with Crippen molar-refractivity contribution in [2.75, 3.05) is 16.1 Å². The van der Waals surface area contributed by atoms with Crippen LogP contribution < -0.4 is 16.1 Å². The zero-order valence-electron chi connectivity index (χ0n) is 14.8. The van der Waals surface area contributed by atoms with E-state index in [1.165, 1.54) is 0 Å². The summed E-state index contributed by atoms with van der Waals surface area (Å²) in [6.45, 7) is 0. The fourth-order valence-electron chi connectivity index (χ4n) is 2.36. The molecule has 0 fully saturated rings. The Kier molecular flexibility index (Phi) is 5.50. The molecule has 138 valence electrons. The van der Waals surface area contributed by atoms with Crippen molar-refractivity contribution in [3.05, 3.63) is 83.1 Å². The van der Waals surface area contributed by atoms with Crippen molar-refractivity contribution < 1.29 is 0 Å². The van der Waals surface area contributed by atoms with Gasteiger partial charge in [-0.15, -0.1) is 11.3 Å². The van der Waals surface area contributed by atoms with Crippen molar-refractivity contribution in [3.8, 4) is 0 Å². The van der Waals surface area contributed by atoms with Crippen LogP contribution in [-0.2, 0) is 0 Å². The second-order valence-electron chi connectivity index (χ2n) is 5.67. The third-order valence-electron chi connectivity index (χ3n) is 3.59. The van der Waals surface area contributed by atoms with Crippen molar-refractivity contribution in [2.24, 2.45) is 5.10 Å². The summed E-state index contributed by atoms with van der Waals surface area (Å²) < 4.78 is 0. The maximum atomic E-state index is 4.45. The summed E-state index contributed by atoms with van der Waals surface area (Å²) in [7, 11) is 0. The van der Waals surface area contributed by atoms with Crippen LogP contribution in [0.1, 0.15) is 4.88 Å². The highest BCUT2D eigenvalue weighted by Gasteiger charge is 2.07. The van der Waals surface area contributed by atoms with Gasteiger partial charge in [-0.25, -0.2) is 5.43 Å². The second kappa shape index (κ2) is 8.74. The van der Waals surface area contributed by atoms with Crippen LogP contribution in [0.5, 0.6) is 0 Å². The van der Waals surface area contributed by atoms with Crippen LogP contribution in [0, 0.1) is 0 Å². The quantitative estimate of drug-likeness (QED) is 0.310. The summed E-state index contributed by atoms with van der Waals surface area (Å²) >= 11 is 1.60. The number of hydrazone groups is 1. The van der Waals surface area contributed by atoms with Crippen LogP contribution in [0.15, 0.2) is 83.3 Å². The van der Waals surface area contributed by atoms with Gasteiger partial charge in [0.1, 0.15) is 0 Å². The zero-order chi connectivity index (χ0) is 19.0. The Balaban J connectivity index is 1.58. The van der Waals surface area contributed by atoms with Gasteiger partial charge in [0, 0.05) is 16.3 Å². The van der Waals surface area contributed by atoms with E-state index in [0.717, 1.165) is 16.3 Å². The molecule has 2 heterocycles. The summed E-state index contributed by atoms with van der Waals surface area (Å²) in [5.74, 6) is 1.15. The summed E-state index contributed by atoms with van der Waals surface area (Å²) in [6, 6.07) is 23.4. The molecule has 4 rings (SSSR count). The van der Waals surface area contributed by atoms with E-state index in [9.17, 15) is 0 Å². The van der Waals surface area contributed by atoms with E-state index in [2.05, 4.69) is 36.1 Å². The van der Waals surface area contributed by atoms with Gasteiger partial charge in [-0.05, 0) is 35.7 Å². The molecule has 0 aliphatic carbocycles. The van der Waals surface area contributed by atoms with Crippen LogP contribution in [0.2, 0.25) is 0 Å². The molecule has 0 saturated heterocycles. The first kappa shape index (κ1) is 17.6. The van der Waals surface area contributed by atoms with Gasteiger partial charge in [0.05, 0.1) is 6.21 Å². The van der Waals surface area contributed by atoms with Crippen LogP contribution in [0.25, 0.3) is 0 Å². The predicted octanol–water partition coefficient (Wildman–Crippen LogP) is 4.87. The van der Waals surface area contributed by atoms with E-state index >= 15 is 0 Å². The molecule has 0 radical (unpaired) electrons. The average molecular weight is 387 g/mol. The number of para-hydroxylation sites is 2. The van der Waals surface area contributed by atoms with Gasteiger partial charge < -0.3 is 10.6 Å². The highest BCUT2D eigenvalue weighted by molar-refractivity contribution is 7.11. The molecule has 4 aromatic rings. The lowest BCUT2D eigenvalue weighted by Gasteiger charge is -2.10. The SMILES string of the molecule is C(=N\Nc1nc(Nc2ccccc2)nc(Nc2ccccc2)n1)/c1cccs1. The molecule has 7 nitrogen and oxygen atoms in total. The van der Waals surface area contributed by atoms with Crippen LogP contribution in [0.3, 0.4) is 0 Å². The lowest BCUT2D eigenvalue weighted by molar-refractivity contribution is 1.04. The van der Waals surface area contributed by atoms with Crippen molar-refractivity contribution >= 4 is 46.8 Å². The highest BCUT2D eigenvalue weighted by Crippen LogP contribution is 2.18. The number of hydrogen-bond acceptors (Lipinski definition) is 8. The largest absolute Gasteiger partial charge is 0.324 e. The fraction of sp³-hybridized carbons (Fsp3) is 0. The van der Waals surface area contributed by atoms with E-state index < -0.39 is 0 Å². The molecule has 8 heteroatoms. The van der Waals surface area contributed by atoms with Gasteiger partial charge in [0.25, 0.3) is 0 Å². The molecule has 0 aliphatic rings. The minimum atomic E-state index is 0.333. The van der Waals surface area contributed by atoms with E-state index in [-0.39, 0.29) is 0 Å². The molecule has 0 amide bonds. The van der Waals surface area contributed by atoms with Gasteiger partial charge >= 0.3 is 0 Å². The molecule has 0 spiro atoms. The summed E-state index contributed by atoms with van der Waals surface area (Å²) in [5.41, 5.74) is 4.63. The molecule has 0 bridgehead atoms. The molecular formula is C20H17N7S. The maximum Gasteiger partial charge on any atom is 0.250 e. The first-order valence-corrected chi connectivity index (χ1v) is 9.46. The van der Waals surface area contributed by atoms with Gasteiger partial charge in [-0.1, -0.05) is 42.5 Å². The molecule has 2 aromatic carbocycles. The Morgan fingerprint density at radius 2 is 1.25 bits per heavy atom. The summed E-state index contributed by atoms with van der Waals surface area (Å²) in [5, 5.41) is 12.6. The first-order valence-electron chi connectivity index (χ1n) is 8.58. The Morgan fingerprint density at radius 3 is 1.79 bits per heavy atom. The topological polar surface area (TPSA) is 87.1 Å². The maximum absolute atomic E-state index is 4.45. The molecule has 0 unspecified atom stereocenters. The lowest BCUT2D eigenvalue weighted by atomic mass is 10.3. The number of hydrogen-bond donors (Lipinski definition) is 3. The summed E-state index contributed by atoms with van der Waals surface area (Å²) in [4.78, 5) is 14.3. The Hall–Kier alpha value is -3.78. The van der Waals surface area contributed by atoms with Gasteiger partial charge in [-0.2, -0.15) is 20.1 Å². The smallest absolute Gasteiger partial charge is 0.250 e. The number of anilines is 5. The minimum Gasteiger partial charge on any atom is -0.324 e. The molecule has 0 aliphatic heterocycles. The number of thiophene rings is 1. The Bertz CT molecular complexity index is 975. The number of nitrogens with one attached hydrogen (secondary N) is 3. The Morgan fingerprint density at radius 1 is 0.679 bits per heavy atom. The van der Waals surface area contributed by atoms with E-state index in [1.807, 2.05) is 78.2 Å². The summed E-state index contributed by atoms with van der Waals surface area (Å²) in [6.07, 6.45) is 1.73. The predicted molar refractivity (Wildman–Crippen MR) is 115 cm³/mol. The number of nitrogens with zero attached hydrogens (tertiary/aromatic N) is 4. The third kappa shape index (κ3) is 4.89. The monoisotopic (exact) mass is 387 g/mol. The van der Waals surface area contributed by atoms with E-state index in [1.54, 1.807) is 17.6 Å². The molecule has 0 atom stereocenters. The van der Waals surface area contributed by atoms with E-state index in [0.29, 0.717) is 17.8 Å². The van der Waals surface area contributed by atoms with Crippen molar-refractivity contribution in [3.63, 3.8) is 0 Å². The zero-order valence-corrected chi connectivity index (χ0v) is 15.6. The second-order valence-corrected chi connectivity index (χ2v) is 6.65. The minimum absolute atomic E-state index is 0.333. The number of aromatic nitrogens is 3. The van der Waals surface area contributed by atoms with Crippen LogP contribution >= 0.6 is 11.3 Å². The fourth-order valence-corrected chi connectivity index (χ4v) is 2.94. The van der Waals surface area contributed by atoms with Crippen molar-refractivity contribution in [2.45, 2.75) is 0 Å². The lowest BCUT2D eigenvalue weighted by Crippen LogP contribution is -2.07. The molecule has 0 saturated carbocycles. The van der Waals surface area contributed by atoms with Crippen molar-refractivity contribution in [1.29, 1.82) is 0 Å². The van der Waals surface area contributed by atoms with Crippen molar-refractivity contribution in [1.82, 2.24) is 15.0 Å². The molecule has 3 N–H and O–H groups in total. The molecule has 28 heavy (non-hydrogen) atoms.